The highest BCUT2D eigenvalue weighted by atomic mass is 32.1. The van der Waals surface area contributed by atoms with Crippen molar-refractivity contribution in [2.75, 3.05) is 5.32 Å². The Labute approximate surface area is 164 Å². The smallest absolute Gasteiger partial charge is 0.250 e. The second-order valence-corrected chi connectivity index (χ2v) is 7.07. The standard InChI is InChI=1S/C22H21N3OS/c23-16-22(14-4-5-15-22)18-9-11-19(12-10-18)24-21(27)25-20(26)13-8-17-6-2-1-3-7-17/h1-3,6-13H,4-5,14-15H2,(H2,24,25,26,27)/b13-8+. The van der Waals surface area contributed by atoms with E-state index in [2.05, 4.69) is 16.7 Å². The molecule has 0 aliphatic heterocycles. The van der Waals surface area contributed by atoms with E-state index < -0.39 is 0 Å². The highest BCUT2D eigenvalue weighted by molar-refractivity contribution is 7.80. The van der Waals surface area contributed by atoms with Crippen LogP contribution < -0.4 is 10.6 Å². The summed E-state index contributed by atoms with van der Waals surface area (Å²) < 4.78 is 0. The first-order valence-corrected chi connectivity index (χ1v) is 9.39. The molecule has 0 unspecified atom stereocenters. The number of thiocarbonyl (C=S) groups is 1. The van der Waals surface area contributed by atoms with Crippen LogP contribution in [0.2, 0.25) is 0 Å². The molecule has 1 fully saturated rings. The summed E-state index contributed by atoms with van der Waals surface area (Å²) in [6.45, 7) is 0. The fraction of sp³-hybridized carbons (Fsp3) is 0.227. The number of nitrogens with zero attached hydrogens (tertiary/aromatic N) is 1. The molecule has 27 heavy (non-hydrogen) atoms. The van der Waals surface area contributed by atoms with Gasteiger partial charge in [-0.15, -0.1) is 0 Å². The van der Waals surface area contributed by atoms with Crippen molar-refractivity contribution in [3.8, 4) is 6.07 Å². The number of carbonyl (C=O) groups excluding carboxylic acids is 1. The second kappa shape index (κ2) is 8.61. The van der Waals surface area contributed by atoms with E-state index in [1.54, 1.807) is 6.08 Å². The Morgan fingerprint density at radius 1 is 1.07 bits per heavy atom. The van der Waals surface area contributed by atoms with Gasteiger partial charge in [0.1, 0.15) is 0 Å². The predicted molar refractivity (Wildman–Crippen MR) is 112 cm³/mol. The molecular weight excluding hydrogens is 354 g/mol. The van der Waals surface area contributed by atoms with Gasteiger partial charge in [0.15, 0.2) is 5.11 Å². The Morgan fingerprint density at radius 2 is 1.74 bits per heavy atom. The molecule has 0 atom stereocenters. The van der Waals surface area contributed by atoms with Gasteiger partial charge in [-0.05, 0) is 54.4 Å². The van der Waals surface area contributed by atoms with Gasteiger partial charge in [0.05, 0.1) is 11.5 Å². The molecule has 1 saturated carbocycles. The lowest BCUT2D eigenvalue weighted by Gasteiger charge is -2.21. The maximum atomic E-state index is 12.0. The first-order valence-electron chi connectivity index (χ1n) is 8.98. The molecule has 0 bridgehead atoms. The van der Waals surface area contributed by atoms with Crippen LogP contribution in [-0.4, -0.2) is 11.0 Å². The Hall–Kier alpha value is -2.97. The van der Waals surface area contributed by atoms with Gasteiger partial charge in [-0.3, -0.25) is 10.1 Å². The number of rotatable bonds is 4. The molecule has 2 aromatic rings. The van der Waals surface area contributed by atoms with Gasteiger partial charge in [-0.1, -0.05) is 55.3 Å². The largest absolute Gasteiger partial charge is 0.332 e. The fourth-order valence-corrected chi connectivity index (χ4v) is 3.59. The summed E-state index contributed by atoms with van der Waals surface area (Å²) in [7, 11) is 0. The van der Waals surface area contributed by atoms with Crippen LogP contribution in [0.1, 0.15) is 36.8 Å². The van der Waals surface area contributed by atoms with Gasteiger partial charge in [0.2, 0.25) is 5.91 Å². The second-order valence-electron chi connectivity index (χ2n) is 6.67. The molecule has 0 saturated heterocycles. The number of nitrogens with one attached hydrogen (secondary N) is 2. The summed E-state index contributed by atoms with van der Waals surface area (Å²) in [5.74, 6) is -0.289. The van der Waals surface area contributed by atoms with E-state index >= 15 is 0 Å². The normalized spacial score (nSPS) is 15.2. The van der Waals surface area contributed by atoms with Crippen LogP contribution in [0, 0.1) is 11.3 Å². The highest BCUT2D eigenvalue weighted by Gasteiger charge is 2.35. The lowest BCUT2D eigenvalue weighted by Crippen LogP contribution is -2.32. The monoisotopic (exact) mass is 375 g/mol. The van der Waals surface area contributed by atoms with Crippen LogP contribution in [0.15, 0.2) is 60.7 Å². The lowest BCUT2D eigenvalue weighted by molar-refractivity contribution is -0.115. The van der Waals surface area contributed by atoms with Gasteiger partial charge in [0, 0.05) is 11.8 Å². The molecule has 5 heteroatoms. The number of benzene rings is 2. The third kappa shape index (κ3) is 4.81. The minimum absolute atomic E-state index is 0.237. The molecule has 0 aromatic heterocycles. The van der Waals surface area contributed by atoms with Crippen LogP contribution in [0.25, 0.3) is 6.08 Å². The first kappa shape index (κ1) is 18.8. The van der Waals surface area contributed by atoms with Crippen molar-refractivity contribution in [1.82, 2.24) is 5.32 Å². The molecule has 0 heterocycles. The molecule has 1 amide bonds. The maximum Gasteiger partial charge on any atom is 0.250 e. The summed E-state index contributed by atoms with van der Waals surface area (Å²) >= 11 is 5.20. The van der Waals surface area contributed by atoms with Crippen molar-refractivity contribution >= 4 is 35.0 Å². The summed E-state index contributed by atoms with van der Waals surface area (Å²) in [5, 5.41) is 15.4. The van der Waals surface area contributed by atoms with Crippen LogP contribution in [0.5, 0.6) is 0 Å². The molecule has 3 rings (SSSR count). The molecule has 2 aromatic carbocycles. The van der Waals surface area contributed by atoms with Crippen LogP contribution >= 0.6 is 12.2 Å². The SMILES string of the molecule is N#CC1(c2ccc(NC(=S)NC(=O)/C=C/c3ccccc3)cc2)CCCC1. The van der Waals surface area contributed by atoms with E-state index in [4.69, 9.17) is 12.2 Å². The highest BCUT2D eigenvalue weighted by Crippen LogP contribution is 2.40. The van der Waals surface area contributed by atoms with Gasteiger partial charge in [-0.2, -0.15) is 5.26 Å². The van der Waals surface area contributed by atoms with E-state index in [0.29, 0.717) is 0 Å². The summed E-state index contributed by atoms with van der Waals surface area (Å²) in [6.07, 6.45) is 7.20. The van der Waals surface area contributed by atoms with Gasteiger partial charge in [-0.25, -0.2) is 0 Å². The quantitative estimate of drug-likeness (QED) is 0.608. The molecule has 1 aliphatic carbocycles. The Morgan fingerprint density at radius 3 is 2.37 bits per heavy atom. The number of hydrogen-bond donors (Lipinski definition) is 2. The number of amides is 1. The van der Waals surface area contributed by atoms with Crippen LogP contribution in [-0.2, 0) is 10.2 Å². The maximum absolute atomic E-state index is 12.0. The van der Waals surface area contributed by atoms with Gasteiger partial charge < -0.3 is 5.32 Å². The Kier molecular flexibility index (Phi) is 6.00. The molecule has 0 spiro atoms. The Bertz CT molecular complexity index is 876. The predicted octanol–water partition coefficient (Wildman–Crippen LogP) is 4.55. The lowest BCUT2D eigenvalue weighted by atomic mass is 9.80. The molecule has 0 radical (unpaired) electrons. The van der Waals surface area contributed by atoms with E-state index in [1.165, 1.54) is 6.08 Å². The summed E-state index contributed by atoms with van der Waals surface area (Å²) in [4.78, 5) is 12.0. The van der Waals surface area contributed by atoms with Crippen LogP contribution in [0.4, 0.5) is 5.69 Å². The van der Waals surface area contributed by atoms with Crippen molar-refractivity contribution in [3.63, 3.8) is 0 Å². The Balaban J connectivity index is 1.56. The van der Waals surface area contributed by atoms with Crippen molar-refractivity contribution in [2.45, 2.75) is 31.1 Å². The minimum Gasteiger partial charge on any atom is -0.332 e. The zero-order valence-electron chi connectivity index (χ0n) is 14.9. The zero-order valence-corrected chi connectivity index (χ0v) is 15.8. The summed E-state index contributed by atoms with van der Waals surface area (Å²) in [6, 6.07) is 19.8. The topological polar surface area (TPSA) is 64.9 Å². The number of anilines is 1. The molecule has 1 aliphatic rings. The first-order chi connectivity index (χ1) is 13.1. The average molecular weight is 375 g/mol. The fourth-order valence-electron chi connectivity index (χ4n) is 3.37. The van der Waals surface area contributed by atoms with E-state index in [9.17, 15) is 10.1 Å². The molecular formula is C22H21N3OS. The molecule has 4 nitrogen and oxygen atoms in total. The van der Waals surface area contributed by atoms with E-state index in [0.717, 1.165) is 42.5 Å². The number of carbonyl (C=O) groups is 1. The van der Waals surface area contributed by atoms with E-state index in [-0.39, 0.29) is 16.4 Å². The van der Waals surface area contributed by atoms with Gasteiger partial charge in [0.25, 0.3) is 0 Å². The van der Waals surface area contributed by atoms with Crippen LogP contribution in [0.3, 0.4) is 0 Å². The third-order valence-corrected chi connectivity index (χ3v) is 5.03. The third-order valence-electron chi connectivity index (χ3n) is 4.83. The molecule has 2 N–H and O–H groups in total. The van der Waals surface area contributed by atoms with Gasteiger partial charge >= 0.3 is 0 Å². The average Bonchev–Trinajstić information content (AvgIpc) is 3.18. The van der Waals surface area contributed by atoms with Crippen molar-refractivity contribution in [1.29, 1.82) is 5.26 Å². The van der Waals surface area contributed by atoms with Crippen molar-refractivity contribution in [2.24, 2.45) is 0 Å². The van der Waals surface area contributed by atoms with E-state index in [1.807, 2.05) is 54.6 Å². The van der Waals surface area contributed by atoms with Crippen molar-refractivity contribution < 1.29 is 4.79 Å². The minimum atomic E-state index is -0.352. The summed E-state index contributed by atoms with van der Waals surface area (Å²) in [5.41, 5.74) is 2.42. The number of hydrogen-bond acceptors (Lipinski definition) is 3. The zero-order chi connectivity index (χ0) is 19.1. The molecule has 136 valence electrons. The number of nitriles is 1. The van der Waals surface area contributed by atoms with Crippen molar-refractivity contribution in [3.05, 3.63) is 71.8 Å².